The molecule has 0 saturated carbocycles. The molecule has 0 aliphatic heterocycles. The molecule has 1 aromatic heterocycles. The number of rotatable bonds is 15. The Hall–Kier alpha value is -1.57. The van der Waals surface area contributed by atoms with E-state index in [0.29, 0.717) is 0 Å². The number of imidazole rings is 1. The highest BCUT2D eigenvalue weighted by Gasteiger charge is 1.94. The van der Waals surface area contributed by atoms with Crippen LogP contribution in [0.25, 0.3) is 0 Å². The highest BCUT2D eigenvalue weighted by atomic mass is 15.0. The van der Waals surface area contributed by atoms with E-state index in [1.807, 2.05) is 30.7 Å². The summed E-state index contributed by atoms with van der Waals surface area (Å²) in [6.07, 6.45) is 25.8. The van der Waals surface area contributed by atoms with Gasteiger partial charge in [-0.2, -0.15) is 0 Å². The van der Waals surface area contributed by atoms with Crippen LogP contribution in [0, 0.1) is 6.92 Å². The average molecular weight is 385 g/mol. The van der Waals surface area contributed by atoms with Crippen molar-refractivity contribution in [1.82, 2.24) is 9.55 Å². The third-order valence-corrected chi connectivity index (χ3v) is 5.27. The first-order valence-electron chi connectivity index (χ1n) is 11.8. The lowest BCUT2D eigenvalue weighted by atomic mass is 10.0. The van der Waals surface area contributed by atoms with Gasteiger partial charge in [0.25, 0.3) is 0 Å². The Morgan fingerprint density at radius 3 is 1.57 bits per heavy atom. The van der Waals surface area contributed by atoms with Crippen LogP contribution >= 0.6 is 0 Å². The summed E-state index contributed by atoms with van der Waals surface area (Å²) < 4.78 is 2.18. The molecule has 0 spiro atoms. The van der Waals surface area contributed by atoms with Crippen molar-refractivity contribution >= 4 is 0 Å². The van der Waals surface area contributed by atoms with E-state index in [4.69, 9.17) is 0 Å². The SMILES string of the molecule is CCCCCCCCCCCCCCCCn1ccnc1.Cc1ccccc1. The summed E-state index contributed by atoms with van der Waals surface area (Å²) in [6, 6.07) is 10.3. The molecule has 0 amide bonds. The molecule has 0 radical (unpaired) electrons. The van der Waals surface area contributed by atoms with Gasteiger partial charge in [0.2, 0.25) is 0 Å². The summed E-state index contributed by atoms with van der Waals surface area (Å²) in [5.41, 5.74) is 1.32. The summed E-state index contributed by atoms with van der Waals surface area (Å²) >= 11 is 0. The number of hydrogen-bond donors (Lipinski definition) is 0. The smallest absolute Gasteiger partial charge is 0.0945 e. The molecule has 1 heterocycles. The van der Waals surface area contributed by atoms with Crippen LogP contribution in [0.3, 0.4) is 0 Å². The Kier molecular flexibility index (Phi) is 16.4. The van der Waals surface area contributed by atoms with E-state index in [1.54, 1.807) is 0 Å². The maximum atomic E-state index is 4.07. The van der Waals surface area contributed by atoms with Crippen LogP contribution in [0.1, 0.15) is 102 Å². The van der Waals surface area contributed by atoms with E-state index in [-0.39, 0.29) is 0 Å². The Labute approximate surface area is 174 Å². The van der Waals surface area contributed by atoms with Crippen LogP contribution in [-0.2, 0) is 6.54 Å². The molecule has 2 aromatic rings. The zero-order valence-corrected chi connectivity index (χ0v) is 18.6. The summed E-state index contributed by atoms with van der Waals surface area (Å²) in [5.74, 6) is 0. The molecule has 0 N–H and O–H groups in total. The van der Waals surface area contributed by atoms with Crippen molar-refractivity contribution in [2.24, 2.45) is 0 Å². The lowest BCUT2D eigenvalue weighted by Crippen LogP contribution is -1.93. The quantitative estimate of drug-likeness (QED) is 0.282. The molecule has 2 nitrogen and oxygen atoms in total. The van der Waals surface area contributed by atoms with Crippen molar-refractivity contribution in [3.8, 4) is 0 Å². The topological polar surface area (TPSA) is 17.8 Å². The molecule has 0 atom stereocenters. The second-order valence-corrected chi connectivity index (χ2v) is 8.05. The van der Waals surface area contributed by atoms with Gasteiger partial charge >= 0.3 is 0 Å². The Morgan fingerprint density at radius 1 is 0.679 bits per heavy atom. The van der Waals surface area contributed by atoms with Gasteiger partial charge < -0.3 is 4.57 Å². The van der Waals surface area contributed by atoms with Gasteiger partial charge in [-0.25, -0.2) is 4.98 Å². The van der Waals surface area contributed by atoms with Gasteiger partial charge in [0.05, 0.1) is 6.33 Å². The first kappa shape index (κ1) is 24.5. The van der Waals surface area contributed by atoms with Crippen molar-refractivity contribution in [3.05, 3.63) is 54.6 Å². The first-order valence-corrected chi connectivity index (χ1v) is 11.8. The van der Waals surface area contributed by atoms with Crippen LogP contribution < -0.4 is 0 Å². The van der Waals surface area contributed by atoms with Crippen LogP contribution in [0.4, 0.5) is 0 Å². The minimum atomic E-state index is 1.14. The van der Waals surface area contributed by atoms with E-state index < -0.39 is 0 Å². The van der Waals surface area contributed by atoms with Gasteiger partial charge in [0.1, 0.15) is 0 Å². The zero-order valence-electron chi connectivity index (χ0n) is 18.6. The maximum Gasteiger partial charge on any atom is 0.0945 e. The van der Waals surface area contributed by atoms with E-state index in [1.165, 1.54) is 95.5 Å². The molecule has 2 heteroatoms. The highest BCUT2D eigenvalue weighted by Crippen LogP contribution is 2.13. The van der Waals surface area contributed by atoms with Crippen molar-refractivity contribution < 1.29 is 0 Å². The fourth-order valence-corrected chi connectivity index (χ4v) is 3.44. The minimum absolute atomic E-state index is 1.14. The number of nitrogens with zero attached hydrogens (tertiary/aromatic N) is 2. The summed E-state index contributed by atoms with van der Waals surface area (Å²) in [7, 11) is 0. The van der Waals surface area contributed by atoms with Gasteiger partial charge in [0, 0.05) is 18.9 Å². The molecule has 1 aromatic carbocycles. The third-order valence-electron chi connectivity index (χ3n) is 5.27. The first-order chi connectivity index (χ1) is 13.8. The Balaban J connectivity index is 0.000000467. The van der Waals surface area contributed by atoms with Crippen molar-refractivity contribution in [1.29, 1.82) is 0 Å². The summed E-state index contributed by atoms with van der Waals surface area (Å²) in [4.78, 5) is 4.07. The van der Waals surface area contributed by atoms with E-state index >= 15 is 0 Å². The third kappa shape index (κ3) is 15.5. The van der Waals surface area contributed by atoms with Crippen LogP contribution in [0.5, 0.6) is 0 Å². The molecule has 0 aliphatic carbocycles. The molecule has 0 aliphatic rings. The zero-order chi connectivity index (χ0) is 20.1. The predicted octanol–water partition coefficient (Wildman–Crippen LogP) is 8.36. The second-order valence-electron chi connectivity index (χ2n) is 8.05. The van der Waals surface area contributed by atoms with Crippen LogP contribution in [0.2, 0.25) is 0 Å². The summed E-state index contributed by atoms with van der Waals surface area (Å²) in [5, 5.41) is 0. The predicted molar refractivity (Wildman–Crippen MR) is 124 cm³/mol. The number of aryl methyl sites for hydroxylation is 2. The number of hydrogen-bond acceptors (Lipinski definition) is 1. The van der Waals surface area contributed by atoms with E-state index in [0.717, 1.165) is 6.54 Å². The molecule has 2 rings (SSSR count). The van der Waals surface area contributed by atoms with E-state index in [9.17, 15) is 0 Å². The van der Waals surface area contributed by atoms with Crippen LogP contribution in [0.15, 0.2) is 49.1 Å². The molecular formula is C26H44N2. The maximum absolute atomic E-state index is 4.07. The highest BCUT2D eigenvalue weighted by molar-refractivity contribution is 5.11. The molecule has 158 valence electrons. The standard InChI is InChI=1S/C19H36N2.C7H8/c1-2-3-4-5-6-7-8-9-10-11-12-13-14-15-17-21-18-16-20-19-21;1-7-5-3-2-4-6-7/h16,18-19H,2-15,17H2,1H3;2-6H,1H3. The van der Waals surface area contributed by atoms with Crippen molar-refractivity contribution in [2.45, 2.75) is 110 Å². The fourth-order valence-electron chi connectivity index (χ4n) is 3.44. The van der Waals surface area contributed by atoms with Gasteiger partial charge in [-0.1, -0.05) is 126 Å². The van der Waals surface area contributed by atoms with E-state index in [2.05, 4.69) is 41.7 Å². The molecule has 0 saturated heterocycles. The van der Waals surface area contributed by atoms with Crippen molar-refractivity contribution in [2.75, 3.05) is 0 Å². The normalized spacial score (nSPS) is 10.5. The van der Waals surface area contributed by atoms with Gasteiger partial charge in [-0.05, 0) is 13.3 Å². The summed E-state index contributed by atoms with van der Waals surface area (Å²) in [6.45, 7) is 5.51. The van der Waals surface area contributed by atoms with Gasteiger partial charge in [0.15, 0.2) is 0 Å². The lowest BCUT2D eigenvalue weighted by Gasteiger charge is -2.04. The van der Waals surface area contributed by atoms with Crippen molar-refractivity contribution in [3.63, 3.8) is 0 Å². The average Bonchev–Trinajstić information content (AvgIpc) is 3.23. The lowest BCUT2D eigenvalue weighted by molar-refractivity contribution is 0.524. The number of aromatic nitrogens is 2. The Bertz CT molecular complexity index is 519. The van der Waals surface area contributed by atoms with Crippen LogP contribution in [-0.4, -0.2) is 9.55 Å². The number of benzene rings is 1. The Morgan fingerprint density at radius 2 is 1.18 bits per heavy atom. The molecular weight excluding hydrogens is 340 g/mol. The van der Waals surface area contributed by atoms with Gasteiger partial charge in [-0.15, -0.1) is 0 Å². The second kappa shape index (κ2) is 18.8. The molecule has 0 bridgehead atoms. The number of unbranched alkanes of at least 4 members (excludes halogenated alkanes) is 13. The fraction of sp³-hybridized carbons (Fsp3) is 0.654. The molecule has 0 fully saturated rings. The monoisotopic (exact) mass is 384 g/mol. The largest absolute Gasteiger partial charge is 0.337 e. The molecule has 0 unspecified atom stereocenters. The van der Waals surface area contributed by atoms with Gasteiger partial charge in [-0.3, -0.25) is 0 Å². The minimum Gasteiger partial charge on any atom is -0.337 e. The molecule has 28 heavy (non-hydrogen) atoms.